The average molecular weight is 340 g/mol. The highest BCUT2D eigenvalue weighted by molar-refractivity contribution is 5.09. The van der Waals surface area contributed by atoms with Crippen LogP contribution < -0.4 is 0 Å². The number of fused-ring (bicyclic) bond motifs is 3. The lowest BCUT2D eigenvalue weighted by Gasteiger charge is -2.49. The molecule has 3 N–H and O–H groups in total. The molecule has 2 saturated heterocycles. The van der Waals surface area contributed by atoms with Crippen molar-refractivity contribution < 1.29 is 34.3 Å². The quantitative estimate of drug-likeness (QED) is 0.543. The maximum Gasteiger partial charge on any atom is 0.113 e. The van der Waals surface area contributed by atoms with E-state index in [4.69, 9.17) is 18.9 Å². The lowest BCUT2D eigenvalue weighted by Crippen LogP contribution is -2.63. The van der Waals surface area contributed by atoms with Crippen molar-refractivity contribution in [3.8, 4) is 0 Å². The second-order valence-corrected chi connectivity index (χ2v) is 6.78. The number of rotatable bonds is 1. The van der Waals surface area contributed by atoms with Crippen molar-refractivity contribution in [2.75, 3.05) is 13.2 Å². The third kappa shape index (κ3) is 2.94. The summed E-state index contributed by atoms with van der Waals surface area (Å²) in [6.07, 6.45) is 4.01. The van der Waals surface area contributed by atoms with E-state index in [0.717, 1.165) is 0 Å². The van der Waals surface area contributed by atoms with Crippen LogP contribution in [0.25, 0.3) is 0 Å². The molecule has 0 aliphatic carbocycles. The van der Waals surface area contributed by atoms with Gasteiger partial charge in [-0.2, -0.15) is 0 Å². The minimum atomic E-state index is -0.878. The zero-order chi connectivity index (χ0) is 16.7. The van der Waals surface area contributed by atoms with Crippen LogP contribution in [0.15, 0.2) is 24.3 Å². The Morgan fingerprint density at radius 1 is 0.917 bits per heavy atom. The van der Waals surface area contributed by atoms with Gasteiger partial charge in [0.2, 0.25) is 0 Å². The van der Waals surface area contributed by atoms with Crippen LogP contribution in [0, 0.1) is 0 Å². The van der Waals surface area contributed by atoms with Crippen LogP contribution in [0.5, 0.6) is 0 Å². The van der Waals surface area contributed by atoms with E-state index in [1.54, 1.807) is 12.2 Å². The Balaban J connectivity index is 1.53. The third-order valence-corrected chi connectivity index (χ3v) is 5.23. The molecular formula is C17H24O7. The fourth-order valence-corrected chi connectivity index (χ4v) is 3.96. The Labute approximate surface area is 140 Å². The molecule has 0 aromatic rings. The maximum atomic E-state index is 10.7. The second-order valence-electron chi connectivity index (χ2n) is 6.78. The molecule has 4 aliphatic rings. The summed E-state index contributed by atoms with van der Waals surface area (Å²) in [5.74, 6) is 0. The van der Waals surface area contributed by atoms with Gasteiger partial charge < -0.3 is 34.3 Å². The van der Waals surface area contributed by atoms with E-state index in [9.17, 15) is 15.3 Å². The summed E-state index contributed by atoms with van der Waals surface area (Å²) < 4.78 is 23.7. The van der Waals surface area contributed by atoms with Gasteiger partial charge in [-0.25, -0.2) is 0 Å². The van der Waals surface area contributed by atoms with Crippen LogP contribution in [0.3, 0.4) is 0 Å². The van der Waals surface area contributed by atoms with E-state index in [2.05, 4.69) is 0 Å². The molecule has 9 atom stereocenters. The summed E-state index contributed by atoms with van der Waals surface area (Å²) in [4.78, 5) is 0. The van der Waals surface area contributed by atoms with Crippen LogP contribution in [0.2, 0.25) is 0 Å². The van der Waals surface area contributed by atoms with Gasteiger partial charge in [0, 0.05) is 6.42 Å². The Morgan fingerprint density at radius 3 is 2.62 bits per heavy atom. The summed E-state index contributed by atoms with van der Waals surface area (Å²) in [6.45, 7) is 0.189. The smallest absolute Gasteiger partial charge is 0.113 e. The fourth-order valence-electron chi connectivity index (χ4n) is 3.96. The second kappa shape index (κ2) is 6.84. The van der Waals surface area contributed by atoms with Crippen molar-refractivity contribution in [3.63, 3.8) is 0 Å². The number of hydrogen-bond acceptors (Lipinski definition) is 7. The van der Waals surface area contributed by atoms with Gasteiger partial charge in [0.05, 0.1) is 31.5 Å². The molecular weight excluding hydrogens is 316 g/mol. The molecule has 0 aromatic heterocycles. The first-order valence-electron chi connectivity index (χ1n) is 8.55. The first-order chi connectivity index (χ1) is 11.7. The predicted molar refractivity (Wildman–Crippen MR) is 82.3 cm³/mol. The number of ether oxygens (including phenoxy) is 4. The summed E-state index contributed by atoms with van der Waals surface area (Å²) in [6, 6.07) is 0. The van der Waals surface area contributed by atoms with Crippen LogP contribution >= 0.6 is 0 Å². The monoisotopic (exact) mass is 340 g/mol. The van der Waals surface area contributed by atoms with Crippen molar-refractivity contribution in [3.05, 3.63) is 24.3 Å². The molecule has 4 aliphatic heterocycles. The first kappa shape index (κ1) is 16.7. The molecule has 2 fully saturated rings. The predicted octanol–water partition coefficient (Wildman–Crippen LogP) is -0.706. The lowest BCUT2D eigenvalue weighted by molar-refractivity contribution is -0.286. The van der Waals surface area contributed by atoms with Gasteiger partial charge in [0.25, 0.3) is 0 Å². The zero-order valence-corrected chi connectivity index (χ0v) is 13.3. The molecule has 7 nitrogen and oxygen atoms in total. The maximum absolute atomic E-state index is 10.7. The summed E-state index contributed by atoms with van der Waals surface area (Å²) in [5.41, 5.74) is 0. The SMILES string of the molecule is OC[C@H]1O[C@H]2C[C@H]3O[C@H]4CC=CCO[C@@H]4[C@@H](O)[C@@H]3O[C@@H]2C=C[C@@H]1O. The van der Waals surface area contributed by atoms with Gasteiger partial charge in [-0.1, -0.05) is 24.3 Å². The zero-order valence-electron chi connectivity index (χ0n) is 13.3. The molecule has 24 heavy (non-hydrogen) atoms. The summed E-state index contributed by atoms with van der Waals surface area (Å²) >= 11 is 0. The largest absolute Gasteiger partial charge is 0.394 e. The number of aliphatic hydroxyl groups is 3. The van der Waals surface area contributed by atoms with Crippen LogP contribution in [0.4, 0.5) is 0 Å². The molecule has 0 amide bonds. The Hall–Kier alpha value is -0.800. The molecule has 7 heteroatoms. The van der Waals surface area contributed by atoms with Crippen molar-refractivity contribution >= 4 is 0 Å². The normalized spacial score (nSPS) is 51.0. The van der Waals surface area contributed by atoms with Gasteiger partial charge in [-0.3, -0.25) is 0 Å². The molecule has 0 radical (unpaired) electrons. The fraction of sp³-hybridized carbons (Fsp3) is 0.765. The van der Waals surface area contributed by atoms with Gasteiger partial charge in [0.1, 0.15) is 36.6 Å². The average Bonchev–Trinajstić information content (AvgIpc) is 2.91. The van der Waals surface area contributed by atoms with E-state index in [-0.39, 0.29) is 24.9 Å². The minimum Gasteiger partial charge on any atom is -0.394 e. The summed E-state index contributed by atoms with van der Waals surface area (Å²) in [7, 11) is 0. The van der Waals surface area contributed by atoms with Crippen molar-refractivity contribution in [1.82, 2.24) is 0 Å². The van der Waals surface area contributed by atoms with Gasteiger partial charge in [-0.15, -0.1) is 0 Å². The van der Waals surface area contributed by atoms with Crippen molar-refractivity contribution in [2.45, 2.75) is 67.8 Å². The molecule has 4 rings (SSSR count). The van der Waals surface area contributed by atoms with E-state index in [1.165, 1.54) is 0 Å². The van der Waals surface area contributed by atoms with Gasteiger partial charge >= 0.3 is 0 Å². The number of hydrogen-bond donors (Lipinski definition) is 3. The van der Waals surface area contributed by atoms with E-state index >= 15 is 0 Å². The molecule has 0 aromatic carbocycles. The van der Waals surface area contributed by atoms with Crippen molar-refractivity contribution in [1.29, 1.82) is 0 Å². The lowest BCUT2D eigenvalue weighted by atomic mass is 9.87. The minimum absolute atomic E-state index is 0.208. The Bertz CT molecular complexity index is 507. The summed E-state index contributed by atoms with van der Waals surface area (Å²) in [5, 5.41) is 30.1. The van der Waals surface area contributed by atoms with Crippen LogP contribution in [-0.4, -0.2) is 83.5 Å². The van der Waals surface area contributed by atoms with Crippen LogP contribution in [-0.2, 0) is 18.9 Å². The third-order valence-electron chi connectivity index (χ3n) is 5.23. The van der Waals surface area contributed by atoms with Gasteiger partial charge in [-0.05, 0) is 6.42 Å². The highest BCUT2D eigenvalue weighted by Crippen LogP contribution is 2.37. The van der Waals surface area contributed by atoms with Crippen LogP contribution in [0.1, 0.15) is 12.8 Å². The Morgan fingerprint density at radius 2 is 1.79 bits per heavy atom. The standard InChI is InChI=1S/C17H24O7/c18-8-14-9(19)4-5-10-12(23-14)7-13-17(24-10)15(20)16-11(22-13)3-1-2-6-21-16/h1-2,4-5,9-20H,3,6-8H2/t9-,10+,11-,12-,13+,14+,15+,16-,17+/m0/s1. The molecule has 4 heterocycles. The molecule has 0 bridgehead atoms. The first-order valence-corrected chi connectivity index (χ1v) is 8.55. The molecule has 134 valence electrons. The molecule has 0 spiro atoms. The number of aliphatic hydroxyl groups excluding tert-OH is 3. The highest BCUT2D eigenvalue weighted by atomic mass is 16.6. The van der Waals surface area contributed by atoms with Gasteiger partial charge in [0.15, 0.2) is 0 Å². The topological polar surface area (TPSA) is 97.6 Å². The Kier molecular flexibility index (Phi) is 4.75. The van der Waals surface area contributed by atoms with E-state index in [1.807, 2.05) is 12.2 Å². The van der Waals surface area contributed by atoms with Crippen molar-refractivity contribution in [2.24, 2.45) is 0 Å². The van der Waals surface area contributed by atoms with E-state index in [0.29, 0.717) is 19.4 Å². The molecule has 0 saturated carbocycles. The van der Waals surface area contributed by atoms with E-state index < -0.39 is 36.6 Å². The molecule has 0 unspecified atom stereocenters. The highest BCUT2D eigenvalue weighted by Gasteiger charge is 2.52.